The van der Waals surface area contributed by atoms with Crippen LogP contribution in [0.2, 0.25) is 0 Å². The zero-order valence-corrected chi connectivity index (χ0v) is 14.1. The minimum Gasteiger partial charge on any atom is -0.355 e. The van der Waals surface area contributed by atoms with E-state index in [-0.39, 0.29) is 17.9 Å². The van der Waals surface area contributed by atoms with Gasteiger partial charge in [-0.25, -0.2) is 0 Å². The van der Waals surface area contributed by atoms with E-state index in [4.69, 9.17) is 0 Å². The number of amides is 2. The highest BCUT2D eigenvalue weighted by Crippen LogP contribution is 2.27. The average Bonchev–Trinajstić information content (AvgIpc) is 3.03. The van der Waals surface area contributed by atoms with Gasteiger partial charge in [-0.05, 0) is 49.6 Å². The first kappa shape index (κ1) is 16.7. The molecule has 5 heteroatoms. The number of hydrogen-bond acceptors (Lipinski definition) is 3. The van der Waals surface area contributed by atoms with Crippen LogP contribution in [0.25, 0.3) is 6.08 Å². The van der Waals surface area contributed by atoms with Crippen molar-refractivity contribution in [2.45, 2.75) is 37.8 Å². The van der Waals surface area contributed by atoms with E-state index in [1.54, 1.807) is 31.3 Å². The summed E-state index contributed by atoms with van der Waals surface area (Å²) in [6, 6.07) is 7.99. The van der Waals surface area contributed by atoms with E-state index < -0.39 is 0 Å². The van der Waals surface area contributed by atoms with E-state index in [0.29, 0.717) is 11.6 Å². The quantitative estimate of drug-likeness (QED) is 0.829. The molecule has 2 heterocycles. The van der Waals surface area contributed by atoms with Gasteiger partial charge >= 0.3 is 0 Å². The maximum absolute atomic E-state index is 12.2. The fourth-order valence-corrected chi connectivity index (χ4v) is 3.71. The minimum atomic E-state index is -0.110. The maximum Gasteiger partial charge on any atom is 0.251 e. The molecule has 0 bridgehead atoms. The third-order valence-corrected chi connectivity index (χ3v) is 5.01. The summed E-state index contributed by atoms with van der Waals surface area (Å²) in [6.07, 6.45) is 8.15. The Labute approximate surface area is 143 Å². The Morgan fingerprint density at radius 3 is 2.67 bits per heavy atom. The molecule has 0 aromatic heterocycles. The number of rotatable bonds is 4. The Hall–Kier alpha value is -2.14. The molecule has 2 aliphatic heterocycles. The fourth-order valence-electron chi connectivity index (χ4n) is 3.71. The molecule has 2 aliphatic rings. The number of benzene rings is 1. The maximum atomic E-state index is 12.2. The molecule has 0 radical (unpaired) electrons. The number of carbonyl (C=O) groups excluding carboxylic acids is 2. The number of fused-ring (bicyclic) bond motifs is 1. The van der Waals surface area contributed by atoms with Crippen LogP contribution in [-0.4, -0.2) is 48.9 Å². The molecule has 1 aromatic rings. The summed E-state index contributed by atoms with van der Waals surface area (Å²) in [5.74, 6) is -0.149. The Morgan fingerprint density at radius 1 is 1.12 bits per heavy atom. The van der Waals surface area contributed by atoms with Crippen molar-refractivity contribution in [2.24, 2.45) is 0 Å². The number of nitrogens with one attached hydrogen (secondary N) is 2. The SMILES string of the molecule is CNC(=O)c1ccc(/C=C/C(=O)NC2CCN3CCCCC23)cc1. The van der Waals surface area contributed by atoms with Gasteiger partial charge in [-0.2, -0.15) is 0 Å². The summed E-state index contributed by atoms with van der Waals surface area (Å²) in [5, 5.41) is 5.74. The molecule has 2 fully saturated rings. The van der Waals surface area contributed by atoms with Gasteiger partial charge in [-0.1, -0.05) is 18.6 Å². The van der Waals surface area contributed by atoms with Gasteiger partial charge < -0.3 is 10.6 Å². The molecular formula is C19H25N3O2. The normalized spacial score (nSPS) is 23.9. The van der Waals surface area contributed by atoms with E-state index in [1.807, 2.05) is 12.1 Å². The van der Waals surface area contributed by atoms with E-state index >= 15 is 0 Å². The first-order valence-corrected chi connectivity index (χ1v) is 8.72. The number of carbonyl (C=O) groups is 2. The molecule has 0 saturated carbocycles. The van der Waals surface area contributed by atoms with Crippen LogP contribution in [0.5, 0.6) is 0 Å². The van der Waals surface area contributed by atoms with Gasteiger partial charge in [-0.15, -0.1) is 0 Å². The van der Waals surface area contributed by atoms with Crippen LogP contribution in [0, 0.1) is 0 Å². The lowest BCUT2D eigenvalue weighted by Gasteiger charge is -2.32. The minimum absolute atomic E-state index is 0.0391. The molecule has 3 rings (SSSR count). The van der Waals surface area contributed by atoms with Crippen LogP contribution in [0.1, 0.15) is 41.6 Å². The number of piperidine rings is 1. The lowest BCUT2D eigenvalue weighted by Crippen LogP contribution is -2.46. The molecule has 128 valence electrons. The zero-order chi connectivity index (χ0) is 16.9. The highest BCUT2D eigenvalue weighted by atomic mass is 16.2. The second kappa shape index (κ2) is 7.62. The summed E-state index contributed by atoms with van der Waals surface area (Å²) in [6.45, 7) is 2.27. The molecule has 5 nitrogen and oxygen atoms in total. The van der Waals surface area contributed by atoms with Crippen molar-refractivity contribution in [3.63, 3.8) is 0 Å². The van der Waals surface area contributed by atoms with Crippen molar-refractivity contribution < 1.29 is 9.59 Å². The van der Waals surface area contributed by atoms with Crippen LogP contribution >= 0.6 is 0 Å². The van der Waals surface area contributed by atoms with Gasteiger partial charge in [0.2, 0.25) is 5.91 Å². The third-order valence-electron chi connectivity index (χ3n) is 5.01. The van der Waals surface area contributed by atoms with Gasteiger partial charge in [0, 0.05) is 37.3 Å². The highest BCUT2D eigenvalue weighted by molar-refractivity contribution is 5.94. The van der Waals surface area contributed by atoms with Crippen LogP contribution in [0.3, 0.4) is 0 Å². The van der Waals surface area contributed by atoms with E-state index in [1.165, 1.54) is 25.8 Å². The van der Waals surface area contributed by atoms with E-state index in [0.717, 1.165) is 18.5 Å². The molecule has 2 unspecified atom stereocenters. The predicted molar refractivity (Wildman–Crippen MR) is 94.6 cm³/mol. The second-order valence-corrected chi connectivity index (χ2v) is 6.54. The summed E-state index contributed by atoms with van der Waals surface area (Å²) < 4.78 is 0. The van der Waals surface area contributed by atoms with Gasteiger partial charge in [0.25, 0.3) is 5.91 Å². The molecule has 0 aliphatic carbocycles. The highest BCUT2D eigenvalue weighted by Gasteiger charge is 2.35. The predicted octanol–water partition coefficient (Wildman–Crippen LogP) is 1.80. The molecule has 0 spiro atoms. The molecule has 24 heavy (non-hydrogen) atoms. The summed E-state index contributed by atoms with van der Waals surface area (Å²) >= 11 is 0. The first-order valence-electron chi connectivity index (χ1n) is 8.72. The molecule has 2 N–H and O–H groups in total. The zero-order valence-electron chi connectivity index (χ0n) is 14.1. The van der Waals surface area contributed by atoms with Crippen molar-refractivity contribution in [2.75, 3.05) is 20.1 Å². The van der Waals surface area contributed by atoms with Gasteiger partial charge in [-0.3, -0.25) is 14.5 Å². The lowest BCUT2D eigenvalue weighted by atomic mass is 9.99. The van der Waals surface area contributed by atoms with Crippen molar-refractivity contribution in [3.05, 3.63) is 41.5 Å². The van der Waals surface area contributed by atoms with Crippen LogP contribution in [0.4, 0.5) is 0 Å². The summed E-state index contributed by atoms with van der Waals surface area (Å²) in [4.78, 5) is 26.2. The Kier molecular flexibility index (Phi) is 5.30. The third kappa shape index (κ3) is 3.85. The van der Waals surface area contributed by atoms with Gasteiger partial charge in [0.15, 0.2) is 0 Å². The van der Waals surface area contributed by atoms with Crippen LogP contribution in [-0.2, 0) is 4.79 Å². The Morgan fingerprint density at radius 2 is 1.92 bits per heavy atom. The molecule has 1 aromatic carbocycles. The van der Waals surface area contributed by atoms with Gasteiger partial charge in [0.05, 0.1) is 0 Å². The second-order valence-electron chi connectivity index (χ2n) is 6.54. The van der Waals surface area contributed by atoms with Crippen molar-refractivity contribution in [1.82, 2.24) is 15.5 Å². The summed E-state index contributed by atoms with van der Waals surface area (Å²) in [5.41, 5.74) is 1.52. The van der Waals surface area contributed by atoms with E-state index in [9.17, 15) is 9.59 Å². The standard InChI is InChI=1S/C19H25N3O2/c1-20-19(24)15-8-5-14(6-9-15)7-10-18(23)21-16-11-13-22-12-3-2-4-17(16)22/h5-10,16-17H,2-4,11-13H2,1H3,(H,20,24)(H,21,23)/b10-7+. The summed E-state index contributed by atoms with van der Waals surface area (Å²) in [7, 11) is 1.61. The first-order chi connectivity index (χ1) is 11.7. The van der Waals surface area contributed by atoms with Crippen molar-refractivity contribution >= 4 is 17.9 Å². The molecule has 2 saturated heterocycles. The van der Waals surface area contributed by atoms with Crippen LogP contribution < -0.4 is 10.6 Å². The molecule has 2 amide bonds. The topological polar surface area (TPSA) is 61.4 Å². The largest absolute Gasteiger partial charge is 0.355 e. The monoisotopic (exact) mass is 327 g/mol. The Balaban J connectivity index is 1.54. The number of nitrogens with zero attached hydrogens (tertiary/aromatic N) is 1. The van der Waals surface area contributed by atoms with Crippen molar-refractivity contribution in [1.29, 1.82) is 0 Å². The fraction of sp³-hybridized carbons (Fsp3) is 0.474. The van der Waals surface area contributed by atoms with Crippen LogP contribution in [0.15, 0.2) is 30.3 Å². The molecular weight excluding hydrogens is 302 g/mol. The lowest BCUT2D eigenvalue weighted by molar-refractivity contribution is -0.117. The average molecular weight is 327 g/mol. The van der Waals surface area contributed by atoms with Crippen molar-refractivity contribution in [3.8, 4) is 0 Å². The Bertz CT molecular complexity index is 624. The smallest absolute Gasteiger partial charge is 0.251 e. The van der Waals surface area contributed by atoms with Gasteiger partial charge in [0.1, 0.15) is 0 Å². The number of hydrogen-bond donors (Lipinski definition) is 2. The van der Waals surface area contributed by atoms with E-state index in [2.05, 4.69) is 15.5 Å². The molecule has 2 atom stereocenters.